The van der Waals surface area contributed by atoms with Gasteiger partial charge in [0, 0.05) is 43.0 Å². The molecule has 0 saturated carbocycles. The van der Waals surface area contributed by atoms with E-state index in [-0.39, 0.29) is 22.5 Å². The van der Waals surface area contributed by atoms with Crippen molar-refractivity contribution in [2.24, 2.45) is 7.05 Å². The lowest BCUT2D eigenvalue weighted by Crippen LogP contribution is -2.19. The van der Waals surface area contributed by atoms with Crippen molar-refractivity contribution in [3.8, 4) is 0 Å². The molecule has 0 atom stereocenters. The van der Waals surface area contributed by atoms with Crippen LogP contribution >= 0.6 is 11.5 Å². The number of fused-ring (bicyclic) bond motifs is 1. The van der Waals surface area contributed by atoms with Crippen molar-refractivity contribution in [2.45, 2.75) is 0 Å². The summed E-state index contributed by atoms with van der Waals surface area (Å²) in [5, 5.41) is 13.7. The highest BCUT2D eigenvalue weighted by atomic mass is 32.1. The fourth-order valence-electron chi connectivity index (χ4n) is 2.06. The van der Waals surface area contributed by atoms with Gasteiger partial charge in [0.05, 0.1) is 9.62 Å². The number of carbonyl (C=O) groups is 1. The molecule has 0 fully saturated rings. The Morgan fingerprint density at radius 2 is 2.17 bits per heavy atom. The molecule has 0 aliphatic carbocycles. The monoisotopic (exact) mass is 330 g/mol. The van der Waals surface area contributed by atoms with Crippen LogP contribution in [0.5, 0.6) is 0 Å². The molecule has 1 N–H and O–H groups in total. The first-order valence-electron chi connectivity index (χ1n) is 6.47. The van der Waals surface area contributed by atoms with Crippen LogP contribution in [0.25, 0.3) is 10.1 Å². The average Bonchev–Trinajstić information content (AvgIpc) is 2.94. The van der Waals surface area contributed by atoms with Crippen LogP contribution in [0.2, 0.25) is 0 Å². The zero-order chi connectivity index (χ0) is 16.6. The number of benzene rings is 1. The van der Waals surface area contributed by atoms with Gasteiger partial charge in [0.25, 0.3) is 11.6 Å². The van der Waals surface area contributed by atoms with Gasteiger partial charge in [0.1, 0.15) is 11.4 Å². The van der Waals surface area contributed by atoms with E-state index in [2.05, 4.69) is 9.69 Å². The molecule has 3 aromatic rings. The lowest BCUT2D eigenvalue weighted by Gasteiger charge is -2.04. The molecular weight excluding hydrogens is 320 g/mol. The van der Waals surface area contributed by atoms with Crippen molar-refractivity contribution in [3.63, 3.8) is 0 Å². The molecule has 1 amide bonds. The standard InChI is InChI=1S/C14H10N4O4S/c1-17-5-4-11(19)10(7-17)15-14(20)13-9-6-8(18(21)22)2-3-12(9)23-16-13/h2-7H,1H3,(H,15,20). The molecule has 3 rings (SSSR count). The lowest BCUT2D eigenvalue weighted by atomic mass is 10.2. The van der Waals surface area contributed by atoms with Gasteiger partial charge in [-0.25, -0.2) is 0 Å². The first-order chi connectivity index (χ1) is 11.0. The van der Waals surface area contributed by atoms with Crippen molar-refractivity contribution >= 4 is 38.9 Å². The molecule has 9 heteroatoms. The van der Waals surface area contributed by atoms with Gasteiger partial charge in [-0.05, 0) is 17.6 Å². The number of pyridine rings is 1. The maximum absolute atomic E-state index is 12.3. The van der Waals surface area contributed by atoms with Gasteiger partial charge in [0.15, 0.2) is 0 Å². The molecule has 0 spiro atoms. The van der Waals surface area contributed by atoms with Crippen LogP contribution in [0.4, 0.5) is 11.4 Å². The van der Waals surface area contributed by atoms with E-state index in [1.807, 2.05) is 0 Å². The zero-order valence-corrected chi connectivity index (χ0v) is 12.7. The van der Waals surface area contributed by atoms with Gasteiger partial charge in [-0.1, -0.05) is 0 Å². The van der Waals surface area contributed by atoms with Crippen molar-refractivity contribution in [1.82, 2.24) is 8.94 Å². The third-order valence-corrected chi connectivity index (χ3v) is 4.01. The van der Waals surface area contributed by atoms with Crippen LogP contribution in [-0.4, -0.2) is 19.8 Å². The summed E-state index contributed by atoms with van der Waals surface area (Å²) < 4.78 is 6.32. The van der Waals surface area contributed by atoms with E-state index in [9.17, 15) is 19.7 Å². The predicted molar refractivity (Wildman–Crippen MR) is 85.9 cm³/mol. The van der Waals surface area contributed by atoms with Crippen molar-refractivity contribution < 1.29 is 9.72 Å². The molecule has 0 bridgehead atoms. The molecule has 2 aromatic heterocycles. The predicted octanol–water partition coefficient (Wildman–Crippen LogP) is 2.16. The molecular formula is C14H10N4O4S. The highest BCUT2D eigenvalue weighted by Gasteiger charge is 2.18. The highest BCUT2D eigenvalue weighted by Crippen LogP contribution is 2.27. The van der Waals surface area contributed by atoms with Gasteiger partial charge in [-0.2, -0.15) is 4.37 Å². The van der Waals surface area contributed by atoms with E-state index >= 15 is 0 Å². The molecule has 0 aliphatic heterocycles. The number of anilines is 1. The fourth-order valence-corrected chi connectivity index (χ4v) is 2.82. The van der Waals surface area contributed by atoms with Crippen molar-refractivity contribution in [2.75, 3.05) is 5.32 Å². The van der Waals surface area contributed by atoms with Gasteiger partial charge in [0.2, 0.25) is 5.43 Å². The third-order valence-electron chi connectivity index (χ3n) is 3.19. The van der Waals surface area contributed by atoms with Crippen LogP contribution in [0, 0.1) is 10.1 Å². The Labute approximate surface area is 133 Å². The Morgan fingerprint density at radius 1 is 1.39 bits per heavy atom. The molecule has 0 saturated heterocycles. The number of non-ortho nitro benzene ring substituents is 1. The topological polar surface area (TPSA) is 107 Å². The maximum atomic E-state index is 12.3. The van der Waals surface area contributed by atoms with E-state index in [0.29, 0.717) is 10.1 Å². The Morgan fingerprint density at radius 3 is 2.91 bits per heavy atom. The zero-order valence-electron chi connectivity index (χ0n) is 11.8. The highest BCUT2D eigenvalue weighted by molar-refractivity contribution is 7.13. The summed E-state index contributed by atoms with van der Waals surface area (Å²) in [6, 6.07) is 5.54. The lowest BCUT2D eigenvalue weighted by molar-refractivity contribution is -0.384. The Hall–Kier alpha value is -3.07. The molecule has 116 valence electrons. The first kappa shape index (κ1) is 14.9. The normalized spacial score (nSPS) is 10.7. The minimum atomic E-state index is -0.583. The summed E-state index contributed by atoms with van der Waals surface area (Å²) in [6.45, 7) is 0. The van der Waals surface area contributed by atoms with Gasteiger partial charge in [-0.3, -0.25) is 19.7 Å². The van der Waals surface area contributed by atoms with E-state index < -0.39 is 10.8 Å². The second-order valence-corrected chi connectivity index (χ2v) is 5.62. The number of nitrogens with one attached hydrogen (secondary N) is 1. The van der Waals surface area contributed by atoms with Gasteiger partial charge >= 0.3 is 0 Å². The number of hydrogen-bond donors (Lipinski definition) is 1. The Balaban J connectivity index is 2.01. The summed E-state index contributed by atoms with van der Waals surface area (Å²) in [5.41, 5.74) is -0.282. The minimum absolute atomic E-state index is 0.0552. The number of nitrogens with zero attached hydrogens (tertiary/aromatic N) is 3. The third kappa shape index (κ3) is 2.81. The number of nitro benzene ring substituents is 1. The van der Waals surface area contributed by atoms with Crippen LogP contribution in [-0.2, 0) is 7.05 Å². The number of aromatic nitrogens is 2. The largest absolute Gasteiger partial charge is 0.355 e. The van der Waals surface area contributed by atoms with Crippen LogP contribution in [0.15, 0.2) is 41.5 Å². The van der Waals surface area contributed by atoms with Crippen LogP contribution in [0.1, 0.15) is 10.5 Å². The van der Waals surface area contributed by atoms with E-state index in [1.54, 1.807) is 23.9 Å². The molecule has 2 heterocycles. The Kier molecular flexibility index (Phi) is 3.62. The summed E-state index contributed by atoms with van der Waals surface area (Å²) in [4.78, 5) is 34.4. The van der Waals surface area contributed by atoms with Crippen molar-refractivity contribution in [1.29, 1.82) is 0 Å². The number of carbonyl (C=O) groups excluding carboxylic acids is 1. The molecule has 0 aliphatic rings. The Bertz CT molecular complexity index is 992. The minimum Gasteiger partial charge on any atom is -0.355 e. The molecule has 8 nitrogen and oxygen atoms in total. The number of amides is 1. The van der Waals surface area contributed by atoms with E-state index in [1.165, 1.54) is 24.4 Å². The van der Waals surface area contributed by atoms with Crippen molar-refractivity contribution in [3.05, 3.63) is 62.7 Å². The smallest absolute Gasteiger partial charge is 0.276 e. The first-order valence-corrected chi connectivity index (χ1v) is 7.24. The summed E-state index contributed by atoms with van der Waals surface area (Å²) in [5.74, 6) is -0.583. The second-order valence-electron chi connectivity index (χ2n) is 4.81. The number of nitro groups is 1. The summed E-state index contributed by atoms with van der Waals surface area (Å²) in [7, 11) is 1.72. The maximum Gasteiger partial charge on any atom is 0.276 e. The quantitative estimate of drug-likeness (QED) is 0.585. The number of aryl methyl sites for hydroxylation is 1. The molecule has 1 aromatic carbocycles. The number of hydrogen-bond acceptors (Lipinski definition) is 6. The summed E-state index contributed by atoms with van der Waals surface area (Å²) in [6.07, 6.45) is 3.05. The molecule has 0 radical (unpaired) electrons. The van der Waals surface area contributed by atoms with Gasteiger partial charge < -0.3 is 9.88 Å². The van der Waals surface area contributed by atoms with Crippen LogP contribution in [0.3, 0.4) is 0 Å². The summed E-state index contributed by atoms with van der Waals surface area (Å²) >= 11 is 1.06. The molecule has 23 heavy (non-hydrogen) atoms. The van der Waals surface area contributed by atoms with Crippen LogP contribution < -0.4 is 10.7 Å². The van der Waals surface area contributed by atoms with E-state index in [0.717, 1.165) is 11.5 Å². The second kappa shape index (κ2) is 5.61. The fraction of sp³-hybridized carbons (Fsp3) is 0.0714. The number of rotatable bonds is 3. The molecule has 0 unspecified atom stereocenters. The average molecular weight is 330 g/mol. The van der Waals surface area contributed by atoms with E-state index in [4.69, 9.17) is 0 Å². The van der Waals surface area contributed by atoms with Gasteiger partial charge in [-0.15, -0.1) is 0 Å². The SMILES string of the molecule is Cn1ccc(=O)c(NC(=O)c2nsc3ccc([N+](=O)[O-])cc23)c1.